The third kappa shape index (κ3) is 2.95. The van der Waals surface area contributed by atoms with E-state index in [0.29, 0.717) is 22.9 Å². The Balaban J connectivity index is 1.59. The van der Waals surface area contributed by atoms with Crippen molar-refractivity contribution in [3.8, 4) is 11.3 Å². The SMILES string of the molecule is Cc1onc(-c2ccccc2)c1C(=O)N1CCC(c2ccccc2)C1. The second-order valence-corrected chi connectivity index (χ2v) is 6.48. The minimum atomic E-state index is 0.0102. The zero-order valence-corrected chi connectivity index (χ0v) is 14.2. The van der Waals surface area contributed by atoms with Gasteiger partial charge in [0.05, 0.1) is 0 Å². The summed E-state index contributed by atoms with van der Waals surface area (Å²) < 4.78 is 5.34. The molecule has 1 amide bonds. The topological polar surface area (TPSA) is 46.3 Å². The third-order valence-corrected chi connectivity index (χ3v) is 4.87. The number of aryl methyl sites for hydroxylation is 1. The quantitative estimate of drug-likeness (QED) is 0.719. The van der Waals surface area contributed by atoms with E-state index in [0.717, 1.165) is 25.1 Å². The second kappa shape index (κ2) is 6.55. The predicted molar refractivity (Wildman–Crippen MR) is 96.4 cm³/mol. The van der Waals surface area contributed by atoms with Crippen LogP contribution < -0.4 is 0 Å². The molecule has 0 aliphatic carbocycles. The van der Waals surface area contributed by atoms with Gasteiger partial charge in [0.25, 0.3) is 5.91 Å². The molecule has 4 rings (SSSR count). The molecule has 0 radical (unpaired) electrons. The van der Waals surface area contributed by atoms with Crippen molar-refractivity contribution in [1.29, 1.82) is 0 Å². The standard InChI is InChI=1S/C21H20N2O2/c1-15-19(20(22-25-15)17-10-6-3-7-11-17)21(24)23-13-12-18(14-23)16-8-4-2-5-9-16/h2-11,18H,12-14H2,1H3. The molecular formula is C21H20N2O2. The molecule has 1 unspecified atom stereocenters. The number of hydrogen-bond acceptors (Lipinski definition) is 3. The van der Waals surface area contributed by atoms with Gasteiger partial charge in [-0.05, 0) is 18.9 Å². The van der Waals surface area contributed by atoms with E-state index < -0.39 is 0 Å². The van der Waals surface area contributed by atoms with E-state index in [1.54, 1.807) is 6.92 Å². The van der Waals surface area contributed by atoms with E-state index in [-0.39, 0.29) is 5.91 Å². The molecule has 0 saturated carbocycles. The predicted octanol–water partition coefficient (Wildman–Crippen LogP) is 4.28. The lowest BCUT2D eigenvalue weighted by atomic mass is 9.99. The zero-order chi connectivity index (χ0) is 17.2. The Morgan fingerprint density at radius 1 is 1.08 bits per heavy atom. The molecule has 3 aromatic rings. The van der Waals surface area contributed by atoms with Crippen LogP contribution in [0.3, 0.4) is 0 Å². The molecule has 1 aliphatic heterocycles. The molecule has 4 nitrogen and oxygen atoms in total. The average molecular weight is 332 g/mol. The van der Waals surface area contributed by atoms with Crippen LogP contribution in [0.2, 0.25) is 0 Å². The van der Waals surface area contributed by atoms with Crippen molar-refractivity contribution in [2.45, 2.75) is 19.3 Å². The third-order valence-electron chi connectivity index (χ3n) is 4.87. The first-order valence-corrected chi connectivity index (χ1v) is 8.60. The van der Waals surface area contributed by atoms with Gasteiger partial charge in [0, 0.05) is 24.6 Å². The molecule has 1 aromatic heterocycles. The fourth-order valence-corrected chi connectivity index (χ4v) is 3.52. The van der Waals surface area contributed by atoms with Crippen LogP contribution in [0.5, 0.6) is 0 Å². The second-order valence-electron chi connectivity index (χ2n) is 6.48. The molecule has 1 atom stereocenters. The largest absolute Gasteiger partial charge is 0.360 e. The lowest BCUT2D eigenvalue weighted by molar-refractivity contribution is 0.0789. The summed E-state index contributed by atoms with van der Waals surface area (Å²) in [7, 11) is 0. The van der Waals surface area contributed by atoms with Crippen molar-refractivity contribution >= 4 is 5.91 Å². The van der Waals surface area contributed by atoms with Gasteiger partial charge in [-0.25, -0.2) is 0 Å². The van der Waals surface area contributed by atoms with E-state index >= 15 is 0 Å². The van der Waals surface area contributed by atoms with E-state index in [4.69, 9.17) is 4.52 Å². The van der Waals surface area contributed by atoms with Crippen LogP contribution in [0.15, 0.2) is 65.2 Å². The van der Waals surface area contributed by atoms with Gasteiger partial charge in [-0.1, -0.05) is 65.8 Å². The number of likely N-dealkylation sites (tertiary alicyclic amines) is 1. The first-order chi connectivity index (χ1) is 12.2. The van der Waals surface area contributed by atoms with Crippen LogP contribution in [-0.4, -0.2) is 29.1 Å². The number of amides is 1. The molecular weight excluding hydrogens is 312 g/mol. The fourth-order valence-electron chi connectivity index (χ4n) is 3.52. The van der Waals surface area contributed by atoms with Gasteiger partial charge < -0.3 is 9.42 Å². The summed E-state index contributed by atoms with van der Waals surface area (Å²) in [5.74, 6) is 0.980. The van der Waals surface area contributed by atoms with Gasteiger partial charge in [-0.15, -0.1) is 0 Å². The van der Waals surface area contributed by atoms with Crippen molar-refractivity contribution in [3.63, 3.8) is 0 Å². The number of carbonyl (C=O) groups excluding carboxylic acids is 1. The average Bonchev–Trinajstić information content (AvgIpc) is 3.30. The number of carbonyl (C=O) groups is 1. The number of rotatable bonds is 3. The lowest BCUT2D eigenvalue weighted by Crippen LogP contribution is -2.29. The number of benzene rings is 2. The molecule has 0 spiro atoms. The molecule has 25 heavy (non-hydrogen) atoms. The first-order valence-electron chi connectivity index (χ1n) is 8.60. The van der Waals surface area contributed by atoms with E-state index in [2.05, 4.69) is 29.4 Å². The van der Waals surface area contributed by atoms with Gasteiger partial charge in [0.15, 0.2) is 0 Å². The Morgan fingerprint density at radius 3 is 2.48 bits per heavy atom. The number of aromatic nitrogens is 1. The summed E-state index contributed by atoms with van der Waals surface area (Å²) >= 11 is 0. The van der Waals surface area contributed by atoms with Crippen molar-refractivity contribution in [2.24, 2.45) is 0 Å². The molecule has 4 heteroatoms. The van der Waals surface area contributed by atoms with Crippen LogP contribution in [-0.2, 0) is 0 Å². The molecule has 126 valence electrons. The summed E-state index contributed by atoms with van der Waals surface area (Å²) in [5.41, 5.74) is 3.41. The summed E-state index contributed by atoms with van der Waals surface area (Å²) in [6.45, 7) is 3.30. The summed E-state index contributed by atoms with van der Waals surface area (Å²) in [5, 5.41) is 4.13. The Hall–Kier alpha value is -2.88. The van der Waals surface area contributed by atoms with Crippen molar-refractivity contribution in [1.82, 2.24) is 10.1 Å². The highest BCUT2D eigenvalue weighted by molar-refractivity contribution is 6.01. The number of hydrogen-bond donors (Lipinski definition) is 0. The highest BCUT2D eigenvalue weighted by Gasteiger charge is 2.32. The van der Waals surface area contributed by atoms with Crippen LogP contribution in [0.4, 0.5) is 0 Å². The highest BCUT2D eigenvalue weighted by Crippen LogP contribution is 2.31. The molecule has 2 heterocycles. The molecule has 1 saturated heterocycles. The Kier molecular flexibility index (Phi) is 4.10. The van der Waals surface area contributed by atoms with Crippen molar-refractivity contribution < 1.29 is 9.32 Å². The number of nitrogens with zero attached hydrogens (tertiary/aromatic N) is 2. The maximum atomic E-state index is 13.1. The van der Waals surface area contributed by atoms with Crippen LogP contribution in [0.25, 0.3) is 11.3 Å². The maximum Gasteiger partial charge on any atom is 0.259 e. The smallest absolute Gasteiger partial charge is 0.259 e. The van der Waals surface area contributed by atoms with Gasteiger partial charge in [-0.3, -0.25) is 4.79 Å². The van der Waals surface area contributed by atoms with E-state index in [9.17, 15) is 4.79 Å². The maximum absolute atomic E-state index is 13.1. The summed E-state index contributed by atoms with van der Waals surface area (Å²) in [6, 6.07) is 20.1. The summed E-state index contributed by atoms with van der Waals surface area (Å²) in [4.78, 5) is 15.0. The van der Waals surface area contributed by atoms with E-state index in [1.807, 2.05) is 41.3 Å². The zero-order valence-electron chi connectivity index (χ0n) is 14.2. The van der Waals surface area contributed by atoms with Crippen molar-refractivity contribution in [2.75, 3.05) is 13.1 Å². The molecule has 0 N–H and O–H groups in total. The first kappa shape index (κ1) is 15.6. The van der Waals surface area contributed by atoms with Gasteiger partial charge in [0.1, 0.15) is 17.0 Å². The molecule has 1 aliphatic rings. The molecule has 1 fully saturated rings. The Morgan fingerprint density at radius 2 is 1.76 bits per heavy atom. The van der Waals surface area contributed by atoms with Crippen LogP contribution >= 0.6 is 0 Å². The Bertz CT molecular complexity index is 871. The van der Waals surface area contributed by atoms with Crippen LogP contribution in [0.1, 0.15) is 34.0 Å². The van der Waals surface area contributed by atoms with E-state index in [1.165, 1.54) is 5.56 Å². The monoisotopic (exact) mass is 332 g/mol. The van der Waals surface area contributed by atoms with Gasteiger partial charge in [-0.2, -0.15) is 0 Å². The molecule has 0 bridgehead atoms. The Labute approximate surface area is 147 Å². The van der Waals surface area contributed by atoms with Gasteiger partial charge >= 0.3 is 0 Å². The van der Waals surface area contributed by atoms with Crippen LogP contribution in [0, 0.1) is 6.92 Å². The minimum Gasteiger partial charge on any atom is -0.360 e. The molecule has 2 aromatic carbocycles. The van der Waals surface area contributed by atoms with Gasteiger partial charge in [0.2, 0.25) is 0 Å². The highest BCUT2D eigenvalue weighted by atomic mass is 16.5. The lowest BCUT2D eigenvalue weighted by Gasteiger charge is -2.17. The minimum absolute atomic E-state index is 0.0102. The van der Waals surface area contributed by atoms with Crippen molar-refractivity contribution in [3.05, 3.63) is 77.6 Å². The fraction of sp³-hybridized carbons (Fsp3) is 0.238. The normalized spacial score (nSPS) is 17.0. The summed E-state index contributed by atoms with van der Waals surface area (Å²) in [6.07, 6.45) is 0.987.